The van der Waals surface area contributed by atoms with Gasteiger partial charge in [-0.1, -0.05) is 6.07 Å². The number of halogens is 3. The first-order chi connectivity index (χ1) is 10.3. The van der Waals surface area contributed by atoms with Gasteiger partial charge in [-0.25, -0.2) is 0 Å². The smallest absolute Gasteiger partial charge is 0.294 e. The largest absolute Gasteiger partial charge is 0.416 e. The summed E-state index contributed by atoms with van der Waals surface area (Å²) in [5.41, 5.74) is -0.00434. The van der Waals surface area contributed by atoms with Crippen molar-refractivity contribution in [1.29, 1.82) is 0 Å². The number of hydrogen-bond donors (Lipinski definition) is 0. The Bertz CT molecular complexity index is 623. The highest BCUT2D eigenvalue weighted by Crippen LogP contribution is 2.40. The van der Waals surface area contributed by atoms with Crippen molar-refractivity contribution in [2.75, 3.05) is 0 Å². The monoisotopic (exact) mass is 330 g/mol. The van der Waals surface area contributed by atoms with E-state index in [9.17, 15) is 22.2 Å². The summed E-state index contributed by atoms with van der Waals surface area (Å²) >= 11 is 0. The molecule has 2 aliphatic rings. The molecular formula is C16H17F3O2S. The Hall–Kier alpha value is -1.17. The maximum Gasteiger partial charge on any atom is 0.416 e. The Morgan fingerprint density at radius 1 is 1.18 bits per heavy atom. The minimum atomic E-state index is -4.40. The number of hydrogen-bond acceptors (Lipinski definition) is 2. The van der Waals surface area contributed by atoms with Crippen LogP contribution in [0.1, 0.15) is 47.2 Å². The van der Waals surface area contributed by atoms with Crippen LogP contribution in [-0.4, -0.2) is 20.5 Å². The van der Waals surface area contributed by atoms with E-state index in [0.717, 1.165) is 25.0 Å². The molecule has 0 saturated carbocycles. The van der Waals surface area contributed by atoms with Gasteiger partial charge in [0, 0.05) is 32.8 Å². The number of Topliss-reactive ketones (excluding diaryl/α,β-unsaturated/α-hetero) is 1. The average Bonchev–Trinajstić information content (AvgIpc) is 2.67. The number of fused-ring (bicyclic) bond motifs is 2. The third-order valence-electron chi connectivity index (χ3n) is 4.75. The average molecular weight is 330 g/mol. The van der Waals surface area contributed by atoms with Crippen LogP contribution in [0, 0.1) is 12.8 Å². The fourth-order valence-electron chi connectivity index (χ4n) is 3.58. The van der Waals surface area contributed by atoms with Gasteiger partial charge < -0.3 is 0 Å². The van der Waals surface area contributed by atoms with E-state index in [0.29, 0.717) is 24.0 Å². The maximum absolute atomic E-state index is 12.7. The Morgan fingerprint density at radius 3 is 2.27 bits per heavy atom. The summed E-state index contributed by atoms with van der Waals surface area (Å²) in [5, 5.41) is 0.171. The van der Waals surface area contributed by atoms with Crippen LogP contribution < -0.4 is 0 Å². The summed E-state index contributed by atoms with van der Waals surface area (Å²) in [6, 6.07) is 3.28. The number of alkyl halides is 3. The highest BCUT2D eigenvalue weighted by Gasteiger charge is 2.43. The number of benzene rings is 1. The van der Waals surface area contributed by atoms with Crippen LogP contribution in [0.2, 0.25) is 0 Å². The van der Waals surface area contributed by atoms with E-state index in [2.05, 4.69) is 0 Å². The van der Waals surface area contributed by atoms with Gasteiger partial charge in [0.25, 0.3) is 0 Å². The van der Waals surface area contributed by atoms with Crippen molar-refractivity contribution in [2.24, 2.45) is 5.92 Å². The first-order valence-corrected chi connectivity index (χ1v) is 8.66. The zero-order valence-electron chi connectivity index (χ0n) is 12.2. The molecule has 0 spiro atoms. The van der Waals surface area contributed by atoms with Crippen molar-refractivity contribution < 1.29 is 22.2 Å². The molecule has 2 unspecified atom stereocenters. The van der Waals surface area contributed by atoms with E-state index in [4.69, 9.17) is 0 Å². The third kappa shape index (κ3) is 2.73. The van der Waals surface area contributed by atoms with Gasteiger partial charge in [0.15, 0.2) is 5.78 Å². The first kappa shape index (κ1) is 15.7. The molecule has 2 heterocycles. The summed E-state index contributed by atoms with van der Waals surface area (Å²) < 4.78 is 50.1. The van der Waals surface area contributed by atoms with Gasteiger partial charge in [-0.05, 0) is 50.3 Å². The fraction of sp³-hybridized carbons (Fsp3) is 0.562. The van der Waals surface area contributed by atoms with E-state index >= 15 is 0 Å². The molecule has 6 heteroatoms. The molecule has 2 bridgehead atoms. The van der Waals surface area contributed by atoms with Gasteiger partial charge in [-0.2, -0.15) is 13.2 Å². The first-order valence-electron chi connectivity index (χ1n) is 7.39. The summed E-state index contributed by atoms with van der Waals surface area (Å²) in [4.78, 5) is 12.6. The lowest BCUT2D eigenvalue weighted by atomic mass is 9.88. The molecule has 0 amide bonds. The summed E-state index contributed by atoms with van der Waals surface area (Å²) in [5.74, 6) is -0.300. The number of rotatable bonds is 2. The van der Waals surface area contributed by atoms with Gasteiger partial charge >= 0.3 is 6.18 Å². The number of ketones is 1. The van der Waals surface area contributed by atoms with Gasteiger partial charge in [-0.15, -0.1) is 0 Å². The second-order valence-electron chi connectivity index (χ2n) is 6.21. The SMILES string of the molecule is Cc1cc(C(F)(F)F)ccc1C(=O)C1CC2CCC(C1)S2=O. The van der Waals surface area contributed by atoms with Crippen molar-refractivity contribution in [3.05, 3.63) is 34.9 Å². The minimum Gasteiger partial charge on any atom is -0.294 e. The zero-order chi connectivity index (χ0) is 16.1. The van der Waals surface area contributed by atoms with Crippen LogP contribution in [-0.2, 0) is 17.0 Å². The summed E-state index contributed by atoms with van der Waals surface area (Å²) in [6.07, 6.45) is -1.40. The molecule has 1 aromatic carbocycles. The lowest BCUT2D eigenvalue weighted by molar-refractivity contribution is -0.137. The molecule has 2 nitrogen and oxygen atoms in total. The van der Waals surface area contributed by atoms with Crippen LogP contribution in [0.5, 0.6) is 0 Å². The molecule has 2 atom stereocenters. The Balaban J connectivity index is 1.83. The quantitative estimate of drug-likeness (QED) is 0.771. The molecular weight excluding hydrogens is 313 g/mol. The van der Waals surface area contributed by atoms with E-state index < -0.39 is 22.5 Å². The van der Waals surface area contributed by atoms with E-state index in [1.807, 2.05) is 0 Å². The van der Waals surface area contributed by atoms with Gasteiger partial charge in [0.1, 0.15) is 0 Å². The topological polar surface area (TPSA) is 34.1 Å². The third-order valence-corrected chi connectivity index (χ3v) is 6.92. The summed E-state index contributed by atoms with van der Waals surface area (Å²) in [7, 11) is -0.834. The molecule has 120 valence electrons. The molecule has 2 fully saturated rings. The van der Waals surface area contributed by atoms with Gasteiger partial charge in [0.05, 0.1) is 5.56 Å². The molecule has 0 aliphatic carbocycles. The molecule has 0 N–H and O–H groups in total. The van der Waals surface area contributed by atoms with Gasteiger partial charge in [0.2, 0.25) is 0 Å². The number of carbonyl (C=O) groups is 1. The number of aryl methyl sites for hydroxylation is 1. The van der Waals surface area contributed by atoms with E-state index in [-0.39, 0.29) is 22.2 Å². The Labute approximate surface area is 129 Å². The molecule has 2 aliphatic heterocycles. The van der Waals surface area contributed by atoms with Gasteiger partial charge in [-0.3, -0.25) is 9.00 Å². The van der Waals surface area contributed by atoms with Crippen LogP contribution in [0.15, 0.2) is 18.2 Å². The van der Waals surface area contributed by atoms with Crippen molar-refractivity contribution in [1.82, 2.24) is 0 Å². The van der Waals surface area contributed by atoms with Crippen LogP contribution >= 0.6 is 0 Å². The molecule has 0 aromatic heterocycles. The molecule has 3 rings (SSSR count). The van der Waals surface area contributed by atoms with Crippen molar-refractivity contribution >= 4 is 16.6 Å². The van der Waals surface area contributed by atoms with Crippen LogP contribution in [0.3, 0.4) is 0 Å². The molecule has 2 saturated heterocycles. The molecule has 1 aromatic rings. The predicted molar refractivity (Wildman–Crippen MR) is 78.2 cm³/mol. The fourth-order valence-corrected chi connectivity index (χ4v) is 5.71. The Morgan fingerprint density at radius 2 is 1.77 bits per heavy atom. The lowest BCUT2D eigenvalue weighted by Gasteiger charge is -2.26. The van der Waals surface area contributed by atoms with E-state index in [1.165, 1.54) is 13.0 Å². The highest BCUT2D eigenvalue weighted by atomic mass is 32.2. The standard InChI is InChI=1S/C16H17F3O2S/c1-9-6-11(16(17,18)19)2-5-14(9)15(20)10-7-12-3-4-13(8-10)22(12)21/h2,5-6,10,12-13H,3-4,7-8H2,1H3. The predicted octanol–water partition coefficient (Wildman–Crippen LogP) is 3.89. The van der Waals surface area contributed by atoms with E-state index in [1.54, 1.807) is 0 Å². The highest BCUT2D eigenvalue weighted by molar-refractivity contribution is 7.86. The Kier molecular flexibility index (Phi) is 3.91. The van der Waals surface area contributed by atoms with Crippen molar-refractivity contribution in [2.45, 2.75) is 49.3 Å². The van der Waals surface area contributed by atoms with Crippen molar-refractivity contribution in [3.63, 3.8) is 0 Å². The summed E-state index contributed by atoms with van der Waals surface area (Å²) in [6.45, 7) is 1.54. The van der Waals surface area contributed by atoms with Crippen LogP contribution in [0.4, 0.5) is 13.2 Å². The lowest BCUT2D eigenvalue weighted by Crippen LogP contribution is -2.32. The number of carbonyl (C=O) groups excluding carboxylic acids is 1. The minimum absolute atomic E-state index is 0.0856. The van der Waals surface area contributed by atoms with Crippen molar-refractivity contribution in [3.8, 4) is 0 Å². The normalized spacial score (nSPS) is 31.3. The molecule has 22 heavy (non-hydrogen) atoms. The molecule has 0 radical (unpaired) electrons. The van der Waals surface area contributed by atoms with Crippen LogP contribution in [0.25, 0.3) is 0 Å². The second kappa shape index (κ2) is 5.48. The second-order valence-corrected chi connectivity index (χ2v) is 8.20. The zero-order valence-corrected chi connectivity index (χ0v) is 13.0. The maximum atomic E-state index is 12.7.